The number of ether oxygens (including phenoxy) is 5. The molecule has 1 saturated heterocycles. The van der Waals surface area contributed by atoms with Gasteiger partial charge in [0, 0.05) is 62.0 Å². The van der Waals surface area contributed by atoms with Crippen LogP contribution in [0.25, 0.3) is 22.5 Å². The number of aliphatic carboxylic acids is 1. The molecule has 2 heterocycles. The standard InChI is InChI=1S/C44H53N9O12/c1-45-30-9-5-29(6-10-30)42(57)48-34(43(58)59)13-14-35(54)46-15-19-61-23-25-64-26-24-62-20-16-47-36(55)27-65-31-11-7-28(8-12-31)39-38-40(51-50-39)32-3-2-4-33(37(32)41(38)56)49-44(60)52-53-17-21-63-22-18-53/h2-12,34,45H,13-27H2,1H3,(H,46,54)(H,47,55)(H,48,57)(H,50,51)(H,58,59)(H2,49,52,60)/t34-/m0/s1. The Morgan fingerprint density at radius 1 is 0.831 bits per heavy atom. The molecule has 2 aliphatic rings. The van der Waals surface area contributed by atoms with Gasteiger partial charge in [0.2, 0.25) is 5.91 Å². The number of amides is 5. The second kappa shape index (κ2) is 24.2. The zero-order chi connectivity index (χ0) is 46.0. The molecule has 0 radical (unpaired) electrons. The summed E-state index contributed by atoms with van der Waals surface area (Å²) in [7, 11) is 1.74. The van der Waals surface area contributed by atoms with E-state index in [9.17, 15) is 33.9 Å². The number of morpholine rings is 1. The minimum Gasteiger partial charge on any atom is -0.484 e. The van der Waals surface area contributed by atoms with E-state index in [0.29, 0.717) is 96.8 Å². The molecule has 21 heteroatoms. The lowest BCUT2D eigenvalue weighted by Crippen LogP contribution is -2.49. The quantitative estimate of drug-likeness (QED) is 0.0390. The number of benzene rings is 3. The second-order valence-corrected chi connectivity index (χ2v) is 14.6. The number of aromatic amines is 1. The van der Waals surface area contributed by atoms with Gasteiger partial charge in [-0.25, -0.2) is 14.6 Å². The number of carbonyl (C=O) groups excluding carboxylic acids is 5. The van der Waals surface area contributed by atoms with E-state index >= 15 is 0 Å². The first-order valence-electron chi connectivity index (χ1n) is 21.1. The topological polar surface area (TPSA) is 273 Å². The van der Waals surface area contributed by atoms with Gasteiger partial charge in [-0.1, -0.05) is 12.1 Å². The van der Waals surface area contributed by atoms with Gasteiger partial charge in [-0.05, 0) is 61.0 Å². The number of aromatic nitrogens is 2. The summed E-state index contributed by atoms with van der Waals surface area (Å²) in [6.45, 7) is 4.12. The number of nitrogens with one attached hydrogen (secondary N) is 7. The van der Waals surface area contributed by atoms with Gasteiger partial charge in [0.25, 0.3) is 11.8 Å². The van der Waals surface area contributed by atoms with E-state index < -0.39 is 23.9 Å². The molecular formula is C44H53N9O12. The number of nitrogens with zero attached hydrogens (tertiary/aromatic N) is 2. The number of urea groups is 1. The number of hydrogen-bond acceptors (Lipinski definition) is 14. The number of H-pyrrole nitrogens is 1. The molecule has 1 atom stereocenters. The van der Waals surface area contributed by atoms with Crippen LogP contribution in [0.1, 0.15) is 39.1 Å². The lowest BCUT2D eigenvalue weighted by Gasteiger charge is -2.27. The van der Waals surface area contributed by atoms with Crippen LogP contribution in [0, 0.1) is 0 Å². The van der Waals surface area contributed by atoms with Gasteiger partial charge < -0.3 is 55.4 Å². The van der Waals surface area contributed by atoms with Gasteiger partial charge in [-0.15, -0.1) is 0 Å². The lowest BCUT2D eigenvalue weighted by molar-refractivity contribution is -0.139. The summed E-state index contributed by atoms with van der Waals surface area (Å²) in [5, 5.41) is 32.2. The first kappa shape index (κ1) is 47.6. The number of hydrogen-bond donors (Lipinski definition) is 8. The molecule has 1 aliphatic heterocycles. The zero-order valence-electron chi connectivity index (χ0n) is 35.9. The Balaban J connectivity index is 0.779. The SMILES string of the molecule is CNc1ccc(C(=O)N[C@@H](CCC(=O)NCCOCCOCCOCCNC(=O)COc2ccc(-c3[nH]nc4c3C(=O)c3c(NC(=O)NN5CCOCC5)cccc3-4)cc2)C(=O)O)cc1. The first-order valence-corrected chi connectivity index (χ1v) is 21.1. The molecular weight excluding hydrogens is 847 g/mol. The van der Waals surface area contributed by atoms with E-state index in [2.05, 4.69) is 42.2 Å². The fourth-order valence-corrected chi connectivity index (χ4v) is 6.80. The summed E-state index contributed by atoms with van der Waals surface area (Å²) in [5.74, 6) is -2.28. The van der Waals surface area contributed by atoms with Crippen molar-refractivity contribution < 1.29 is 57.6 Å². The van der Waals surface area contributed by atoms with Gasteiger partial charge in [0.1, 0.15) is 17.5 Å². The van der Waals surface area contributed by atoms with Crippen molar-refractivity contribution in [2.24, 2.45) is 0 Å². The predicted molar refractivity (Wildman–Crippen MR) is 236 cm³/mol. The molecule has 21 nitrogen and oxygen atoms in total. The van der Waals surface area contributed by atoms with E-state index in [0.717, 1.165) is 5.69 Å². The Bertz CT molecular complexity index is 2260. The predicted octanol–water partition coefficient (Wildman–Crippen LogP) is 2.02. The second-order valence-electron chi connectivity index (χ2n) is 14.6. The van der Waals surface area contributed by atoms with Crippen LogP contribution in [-0.4, -0.2) is 155 Å². The van der Waals surface area contributed by atoms with Crippen LogP contribution < -0.4 is 36.7 Å². The molecule has 0 unspecified atom stereocenters. The molecule has 0 bridgehead atoms. The van der Waals surface area contributed by atoms with Crippen molar-refractivity contribution in [2.45, 2.75) is 18.9 Å². The smallest absolute Gasteiger partial charge is 0.333 e. The van der Waals surface area contributed by atoms with Crippen molar-refractivity contribution in [1.82, 2.24) is 36.6 Å². The van der Waals surface area contributed by atoms with E-state index in [1.165, 1.54) is 0 Å². The number of ketones is 1. The van der Waals surface area contributed by atoms with Crippen LogP contribution in [0.15, 0.2) is 66.7 Å². The Morgan fingerprint density at radius 3 is 2.15 bits per heavy atom. The number of hydrazine groups is 1. The van der Waals surface area contributed by atoms with E-state index in [1.807, 2.05) is 0 Å². The molecule has 6 rings (SSSR count). The highest BCUT2D eigenvalue weighted by molar-refractivity contribution is 6.27. The molecule has 8 N–H and O–H groups in total. The number of rotatable bonds is 25. The van der Waals surface area contributed by atoms with Crippen molar-refractivity contribution in [2.75, 3.05) is 103 Å². The van der Waals surface area contributed by atoms with Gasteiger partial charge in [-0.2, -0.15) is 5.10 Å². The van der Waals surface area contributed by atoms with Crippen LogP contribution in [-0.2, 0) is 33.3 Å². The highest BCUT2D eigenvalue weighted by Crippen LogP contribution is 2.43. The molecule has 0 spiro atoms. The highest BCUT2D eigenvalue weighted by atomic mass is 16.5. The number of carbonyl (C=O) groups is 6. The van der Waals surface area contributed by atoms with Crippen molar-refractivity contribution >= 4 is 46.9 Å². The van der Waals surface area contributed by atoms with Crippen molar-refractivity contribution in [1.29, 1.82) is 0 Å². The van der Waals surface area contributed by atoms with E-state index in [4.69, 9.17) is 23.7 Å². The third-order valence-electron chi connectivity index (χ3n) is 10.2. The molecule has 1 aliphatic carbocycles. The Labute approximate surface area is 374 Å². The summed E-state index contributed by atoms with van der Waals surface area (Å²) >= 11 is 0. The van der Waals surface area contributed by atoms with Crippen molar-refractivity contribution in [3.8, 4) is 28.3 Å². The van der Waals surface area contributed by atoms with Crippen molar-refractivity contribution in [3.63, 3.8) is 0 Å². The maximum absolute atomic E-state index is 13.7. The average Bonchev–Trinajstić information content (AvgIpc) is 3.88. The Hall–Kier alpha value is -6.91. The summed E-state index contributed by atoms with van der Waals surface area (Å²) < 4.78 is 27.4. The lowest BCUT2D eigenvalue weighted by atomic mass is 10.0. The fraction of sp³-hybridized carbons (Fsp3) is 0.386. The molecule has 5 amide bonds. The van der Waals surface area contributed by atoms with E-state index in [-0.39, 0.29) is 70.0 Å². The van der Waals surface area contributed by atoms with Crippen LogP contribution in [0.5, 0.6) is 5.75 Å². The molecule has 346 valence electrons. The minimum absolute atomic E-state index is 0.0728. The summed E-state index contributed by atoms with van der Waals surface area (Å²) in [4.78, 5) is 75.1. The summed E-state index contributed by atoms with van der Waals surface area (Å²) in [5.41, 5.74) is 7.37. The maximum atomic E-state index is 13.7. The average molecular weight is 900 g/mol. The maximum Gasteiger partial charge on any atom is 0.333 e. The summed E-state index contributed by atoms with van der Waals surface area (Å²) in [6, 6.07) is 17.0. The molecule has 0 saturated carbocycles. The van der Waals surface area contributed by atoms with Gasteiger partial charge in [-0.3, -0.25) is 29.7 Å². The number of carboxylic acids is 1. The van der Waals surface area contributed by atoms with Crippen molar-refractivity contribution in [3.05, 3.63) is 83.4 Å². The Kier molecular flexibility index (Phi) is 17.7. The fourth-order valence-electron chi connectivity index (χ4n) is 6.80. The number of carboxylic acid groups (broad SMARTS) is 1. The monoisotopic (exact) mass is 899 g/mol. The zero-order valence-corrected chi connectivity index (χ0v) is 35.9. The van der Waals surface area contributed by atoms with Gasteiger partial charge in [0.05, 0.1) is 75.4 Å². The summed E-state index contributed by atoms with van der Waals surface area (Å²) in [6.07, 6.45) is -0.164. The van der Waals surface area contributed by atoms with Crippen LogP contribution >= 0.6 is 0 Å². The van der Waals surface area contributed by atoms with Crippen LogP contribution in [0.2, 0.25) is 0 Å². The molecule has 65 heavy (non-hydrogen) atoms. The molecule has 4 aromatic rings. The minimum atomic E-state index is -1.23. The highest BCUT2D eigenvalue weighted by Gasteiger charge is 2.35. The van der Waals surface area contributed by atoms with E-state index in [1.54, 1.807) is 78.8 Å². The number of fused-ring (bicyclic) bond motifs is 3. The third-order valence-corrected chi connectivity index (χ3v) is 10.2. The largest absolute Gasteiger partial charge is 0.484 e. The Morgan fingerprint density at radius 2 is 1.49 bits per heavy atom. The van der Waals surface area contributed by atoms with Crippen LogP contribution in [0.4, 0.5) is 16.2 Å². The molecule has 1 fully saturated rings. The number of anilines is 2. The van der Waals surface area contributed by atoms with Gasteiger partial charge in [0.15, 0.2) is 12.4 Å². The third kappa shape index (κ3) is 13.8. The van der Waals surface area contributed by atoms with Crippen LogP contribution in [0.3, 0.4) is 0 Å². The van der Waals surface area contributed by atoms with Gasteiger partial charge >= 0.3 is 12.0 Å². The normalized spacial score (nSPS) is 13.5. The molecule has 3 aromatic carbocycles. The molecule has 1 aromatic heterocycles. The first-order chi connectivity index (χ1) is 31.6.